The van der Waals surface area contributed by atoms with Crippen molar-refractivity contribution in [2.75, 3.05) is 0 Å². The van der Waals surface area contributed by atoms with Gasteiger partial charge in [0.1, 0.15) is 5.82 Å². The molecule has 1 aromatic rings. The minimum Gasteiger partial charge on any atom is -0.481 e. The molecule has 0 spiro atoms. The number of hydrogen-bond acceptors (Lipinski definition) is 2. The first-order valence-electron chi connectivity index (χ1n) is 4.80. The average Bonchev–Trinajstić information content (AvgIpc) is 2.18. The van der Waals surface area contributed by atoms with E-state index in [2.05, 4.69) is 0 Å². The second-order valence-corrected chi connectivity index (χ2v) is 3.49. The summed E-state index contributed by atoms with van der Waals surface area (Å²) in [6.45, 7) is 0. The summed E-state index contributed by atoms with van der Waals surface area (Å²) in [5.41, 5.74) is 6.23. The van der Waals surface area contributed by atoms with Crippen LogP contribution in [0.5, 0.6) is 0 Å². The molecule has 0 aliphatic heterocycles. The zero-order valence-corrected chi connectivity index (χ0v) is 8.32. The van der Waals surface area contributed by atoms with Gasteiger partial charge in [-0.15, -0.1) is 0 Å². The van der Waals surface area contributed by atoms with Gasteiger partial charge in [-0.05, 0) is 24.5 Å². The highest BCUT2D eigenvalue weighted by molar-refractivity contribution is 5.66. The molecule has 0 heterocycles. The van der Waals surface area contributed by atoms with Crippen molar-refractivity contribution in [1.82, 2.24) is 0 Å². The molecule has 0 saturated heterocycles. The van der Waals surface area contributed by atoms with Gasteiger partial charge in [0.15, 0.2) is 0 Å². The summed E-state index contributed by atoms with van der Waals surface area (Å²) in [6.07, 6.45) is 0.763. The van der Waals surface area contributed by atoms with Crippen LogP contribution in [0.4, 0.5) is 4.39 Å². The number of carbonyl (C=O) groups is 1. The summed E-state index contributed by atoms with van der Waals surface area (Å²) >= 11 is 0. The van der Waals surface area contributed by atoms with E-state index in [1.54, 1.807) is 18.2 Å². The van der Waals surface area contributed by atoms with E-state index in [9.17, 15) is 9.18 Å². The van der Waals surface area contributed by atoms with Crippen LogP contribution in [0.1, 0.15) is 18.4 Å². The maximum Gasteiger partial charge on any atom is 0.303 e. The lowest BCUT2D eigenvalue weighted by Gasteiger charge is -2.10. The minimum atomic E-state index is -0.876. The van der Waals surface area contributed by atoms with Gasteiger partial charge in [-0.3, -0.25) is 4.79 Å². The molecular formula is C11H14FNO2. The van der Waals surface area contributed by atoms with Gasteiger partial charge in [-0.1, -0.05) is 18.2 Å². The van der Waals surface area contributed by atoms with Gasteiger partial charge in [0.25, 0.3) is 0 Å². The number of nitrogens with two attached hydrogens (primary N) is 1. The molecule has 0 fully saturated rings. The third-order valence-electron chi connectivity index (χ3n) is 2.17. The van der Waals surface area contributed by atoms with Gasteiger partial charge >= 0.3 is 5.97 Å². The quantitative estimate of drug-likeness (QED) is 0.776. The Hall–Kier alpha value is -1.42. The topological polar surface area (TPSA) is 63.3 Å². The van der Waals surface area contributed by atoms with Crippen LogP contribution in [0.15, 0.2) is 24.3 Å². The molecule has 0 aliphatic rings. The number of carboxylic acids is 1. The van der Waals surface area contributed by atoms with Crippen LogP contribution in [0.25, 0.3) is 0 Å². The largest absolute Gasteiger partial charge is 0.481 e. The molecule has 4 heteroatoms. The van der Waals surface area contributed by atoms with Gasteiger partial charge in [-0.2, -0.15) is 0 Å². The van der Waals surface area contributed by atoms with Crippen LogP contribution in [-0.4, -0.2) is 17.1 Å². The van der Waals surface area contributed by atoms with E-state index in [4.69, 9.17) is 10.8 Å². The summed E-state index contributed by atoms with van der Waals surface area (Å²) in [6, 6.07) is 6.08. The number of rotatable bonds is 5. The van der Waals surface area contributed by atoms with Crippen LogP contribution in [0.3, 0.4) is 0 Å². The predicted molar refractivity (Wildman–Crippen MR) is 54.9 cm³/mol. The Morgan fingerprint density at radius 1 is 1.47 bits per heavy atom. The monoisotopic (exact) mass is 211 g/mol. The van der Waals surface area contributed by atoms with Gasteiger partial charge in [0, 0.05) is 12.5 Å². The van der Waals surface area contributed by atoms with Gasteiger partial charge in [0.2, 0.25) is 0 Å². The maximum atomic E-state index is 13.2. The van der Waals surface area contributed by atoms with Gasteiger partial charge in [-0.25, -0.2) is 4.39 Å². The number of benzene rings is 1. The Balaban J connectivity index is 2.47. The molecule has 0 unspecified atom stereocenters. The third kappa shape index (κ3) is 4.08. The molecule has 0 saturated carbocycles. The van der Waals surface area contributed by atoms with Crippen LogP contribution < -0.4 is 5.73 Å². The lowest BCUT2D eigenvalue weighted by Crippen LogP contribution is -2.24. The number of carboxylic acid groups (broad SMARTS) is 1. The molecule has 1 rings (SSSR count). The van der Waals surface area contributed by atoms with E-state index >= 15 is 0 Å². The first-order valence-corrected chi connectivity index (χ1v) is 4.80. The van der Waals surface area contributed by atoms with E-state index in [0.717, 1.165) is 0 Å². The van der Waals surface area contributed by atoms with Crippen molar-refractivity contribution in [1.29, 1.82) is 0 Å². The molecule has 0 radical (unpaired) electrons. The Bertz CT molecular complexity index is 341. The maximum absolute atomic E-state index is 13.2. The summed E-state index contributed by atoms with van der Waals surface area (Å²) in [5.74, 6) is -1.16. The van der Waals surface area contributed by atoms with Crippen LogP contribution in [-0.2, 0) is 11.2 Å². The first-order chi connectivity index (χ1) is 7.09. The number of halogens is 1. The number of hydrogen-bond donors (Lipinski definition) is 2. The molecule has 0 aliphatic carbocycles. The molecule has 1 aromatic carbocycles. The molecule has 15 heavy (non-hydrogen) atoms. The van der Waals surface area contributed by atoms with Crippen molar-refractivity contribution in [3.63, 3.8) is 0 Å². The zero-order valence-electron chi connectivity index (χ0n) is 8.32. The minimum absolute atomic E-state index is 0.0234. The third-order valence-corrected chi connectivity index (χ3v) is 2.17. The SMILES string of the molecule is N[C@H](CCC(=O)O)Cc1ccccc1F. The summed E-state index contributed by atoms with van der Waals surface area (Å²) in [5, 5.41) is 8.45. The van der Waals surface area contributed by atoms with E-state index in [0.29, 0.717) is 18.4 Å². The fourth-order valence-electron chi connectivity index (χ4n) is 1.36. The molecule has 0 aromatic heterocycles. The average molecular weight is 211 g/mol. The molecule has 1 atom stereocenters. The van der Waals surface area contributed by atoms with Crippen molar-refractivity contribution in [2.45, 2.75) is 25.3 Å². The second-order valence-electron chi connectivity index (χ2n) is 3.49. The molecule has 3 nitrogen and oxygen atoms in total. The number of aliphatic carboxylic acids is 1. The summed E-state index contributed by atoms with van der Waals surface area (Å²) < 4.78 is 13.2. The van der Waals surface area contributed by atoms with Crippen molar-refractivity contribution in [3.8, 4) is 0 Å². The molecular weight excluding hydrogens is 197 g/mol. The lowest BCUT2D eigenvalue weighted by molar-refractivity contribution is -0.137. The van der Waals surface area contributed by atoms with E-state index in [-0.39, 0.29) is 18.3 Å². The highest BCUT2D eigenvalue weighted by Gasteiger charge is 2.09. The van der Waals surface area contributed by atoms with Crippen LogP contribution in [0, 0.1) is 5.82 Å². The Labute approximate surface area is 87.7 Å². The van der Waals surface area contributed by atoms with Crippen LogP contribution in [0.2, 0.25) is 0 Å². The lowest BCUT2D eigenvalue weighted by atomic mass is 10.0. The van der Waals surface area contributed by atoms with Gasteiger partial charge < -0.3 is 10.8 Å². The highest BCUT2D eigenvalue weighted by atomic mass is 19.1. The Kier molecular flexibility index (Phi) is 4.24. The zero-order chi connectivity index (χ0) is 11.3. The molecule has 3 N–H and O–H groups in total. The predicted octanol–water partition coefficient (Wildman–Crippen LogP) is 1.56. The smallest absolute Gasteiger partial charge is 0.303 e. The summed E-state index contributed by atoms with van der Waals surface area (Å²) in [7, 11) is 0. The van der Waals surface area contributed by atoms with Crippen LogP contribution >= 0.6 is 0 Å². The Morgan fingerprint density at radius 3 is 2.73 bits per heavy atom. The fourth-order valence-corrected chi connectivity index (χ4v) is 1.36. The van der Waals surface area contributed by atoms with E-state index < -0.39 is 5.97 Å². The summed E-state index contributed by atoms with van der Waals surface area (Å²) in [4.78, 5) is 10.3. The molecule has 0 amide bonds. The van der Waals surface area contributed by atoms with E-state index in [1.165, 1.54) is 6.07 Å². The standard InChI is InChI=1S/C11H14FNO2/c12-10-4-2-1-3-8(10)7-9(13)5-6-11(14)15/h1-4,9H,5-7,13H2,(H,14,15)/t9-/m1/s1. The van der Waals surface area contributed by atoms with Crippen molar-refractivity contribution >= 4 is 5.97 Å². The van der Waals surface area contributed by atoms with E-state index in [1.807, 2.05) is 0 Å². The highest BCUT2D eigenvalue weighted by Crippen LogP contribution is 2.10. The van der Waals surface area contributed by atoms with Crippen molar-refractivity contribution in [3.05, 3.63) is 35.6 Å². The second kappa shape index (κ2) is 5.46. The molecule has 0 bridgehead atoms. The van der Waals surface area contributed by atoms with Gasteiger partial charge in [0.05, 0.1) is 0 Å². The first kappa shape index (κ1) is 11.7. The fraction of sp³-hybridized carbons (Fsp3) is 0.364. The molecule has 82 valence electrons. The van der Waals surface area contributed by atoms with Crippen molar-refractivity contribution in [2.24, 2.45) is 5.73 Å². The van der Waals surface area contributed by atoms with Crippen molar-refractivity contribution < 1.29 is 14.3 Å². The Morgan fingerprint density at radius 2 is 2.13 bits per heavy atom. The normalized spacial score (nSPS) is 12.4.